The first-order valence-corrected chi connectivity index (χ1v) is 5.55. The minimum absolute atomic E-state index is 0.00288. The van der Waals surface area contributed by atoms with Gasteiger partial charge in [0.25, 0.3) is 5.91 Å². The third-order valence-electron chi connectivity index (χ3n) is 2.88. The Morgan fingerprint density at radius 1 is 1.17 bits per heavy atom. The number of carbonyl (C=O) groups is 1. The van der Waals surface area contributed by atoms with Gasteiger partial charge < -0.3 is 10.1 Å². The zero-order chi connectivity index (χ0) is 13.1. The van der Waals surface area contributed by atoms with E-state index < -0.39 is 17.5 Å². The molecule has 1 N–H and O–H groups in total. The fourth-order valence-corrected chi connectivity index (χ4v) is 1.93. The summed E-state index contributed by atoms with van der Waals surface area (Å²) in [5, 5.41) is 11.7. The quantitative estimate of drug-likeness (QED) is 0.616. The molecule has 0 spiro atoms. The number of rotatable bonds is 1. The van der Waals surface area contributed by atoms with Gasteiger partial charge in [0, 0.05) is 37.6 Å². The Morgan fingerprint density at radius 2 is 1.72 bits per heavy atom. The Labute approximate surface area is 103 Å². The average Bonchev–Trinajstić information content (AvgIpc) is 2.37. The van der Waals surface area contributed by atoms with Crippen LogP contribution in [-0.4, -0.2) is 34.8 Å². The third kappa shape index (κ3) is 2.64. The molecule has 1 heterocycles. The summed E-state index contributed by atoms with van der Waals surface area (Å²) in [6.45, 7) is 0.771. The van der Waals surface area contributed by atoms with E-state index in [2.05, 4.69) is 5.16 Å². The number of nitrogens with zero attached hydrogens (tertiary/aromatic N) is 2. The molecule has 1 aromatic carbocycles. The first kappa shape index (κ1) is 12.5. The van der Waals surface area contributed by atoms with E-state index in [1.807, 2.05) is 0 Å². The molecule has 18 heavy (non-hydrogen) atoms. The summed E-state index contributed by atoms with van der Waals surface area (Å²) in [6, 6.07) is 2.76. The summed E-state index contributed by atoms with van der Waals surface area (Å²) in [4.78, 5) is 13.5. The number of oxime groups is 1. The van der Waals surface area contributed by atoms with Gasteiger partial charge in [-0.05, 0) is 12.1 Å². The molecular weight excluding hydrogens is 242 g/mol. The lowest BCUT2D eigenvalue weighted by Gasteiger charge is -2.27. The van der Waals surface area contributed by atoms with Crippen LogP contribution in [0.4, 0.5) is 8.78 Å². The first-order chi connectivity index (χ1) is 8.60. The number of amides is 1. The molecule has 0 aromatic heterocycles. The van der Waals surface area contributed by atoms with Crippen LogP contribution in [0.1, 0.15) is 23.2 Å². The van der Waals surface area contributed by atoms with Crippen molar-refractivity contribution in [2.75, 3.05) is 13.1 Å². The smallest absolute Gasteiger partial charge is 0.254 e. The minimum Gasteiger partial charge on any atom is -0.411 e. The first-order valence-electron chi connectivity index (χ1n) is 5.55. The number of halogens is 2. The maximum Gasteiger partial charge on any atom is 0.254 e. The molecular formula is C12H12F2N2O2. The van der Waals surface area contributed by atoms with Crippen molar-refractivity contribution in [1.29, 1.82) is 0 Å². The summed E-state index contributed by atoms with van der Waals surface area (Å²) in [7, 11) is 0. The van der Waals surface area contributed by atoms with E-state index in [-0.39, 0.29) is 5.56 Å². The van der Waals surface area contributed by atoms with Crippen molar-refractivity contribution in [3.05, 3.63) is 35.4 Å². The molecule has 1 saturated heterocycles. The predicted octanol–water partition coefficient (Wildman–Crippen LogP) is 2.03. The lowest BCUT2D eigenvalue weighted by atomic mass is 10.1. The second-order valence-electron chi connectivity index (χ2n) is 4.12. The molecule has 1 amide bonds. The van der Waals surface area contributed by atoms with Crippen molar-refractivity contribution in [2.45, 2.75) is 12.8 Å². The maximum absolute atomic E-state index is 13.0. The summed E-state index contributed by atoms with van der Waals surface area (Å²) >= 11 is 0. The van der Waals surface area contributed by atoms with Crippen LogP contribution in [-0.2, 0) is 0 Å². The standard InChI is InChI=1S/C12H12F2N2O2/c13-9-5-8(6-10(14)7-9)12(17)16-3-1-11(15-18)2-4-16/h5-7,18H,1-4H2. The van der Waals surface area contributed by atoms with E-state index in [0.717, 1.165) is 18.2 Å². The molecule has 4 nitrogen and oxygen atoms in total. The van der Waals surface area contributed by atoms with E-state index in [1.165, 1.54) is 4.90 Å². The lowest BCUT2D eigenvalue weighted by Crippen LogP contribution is -2.38. The molecule has 1 aromatic rings. The van der Waals surface area contributed by atoms with Gasteiger partial charge in [-0.1, -0.05) is 5.16 Å². The van der Waals surface area contributed by atoms with Crippen molar-refractivity contribution in [2.24, 2.45) is 5.16 Å². The van der Waals surface area contributed by atoms with Crippen LogP contribution < -0.4 is 0 Å². The van der Waals surface area contributed by atoms with E-state index in [4.69, 9.17) is 5.21 Å². The fourth-order valence-electron chi connectivity index (χ4n) is 1.93. The highest BCUT2D eigenvalue weighted by atomic mass is 19.1. The molecule has 0 unspecified atom stereocenters. The van der Waals surface area contributed by atoms with Crippen LogP contribution in [0.3, 0.4) is 0 Å². The van der Waals surface area contributed by atoms with E-state index in [0.29, 0.717) is 31.6 Å². The van der Waals surface area contributed by atoms with Gasteiger partial charge in [-0.15, -0.1) is 0 Å². The van der Waals surface area contributed by atoms with Gasteiger partial charge in [0.15, 0.2) is 0 Å². The van der Waals surface area contributed by atoms with E-state index in [9.17, 15) is 13.6 Å². The van der Waals surface area contributed by atoms with Crippen molar-refractivity contribution in [3.63, 3.8) is 0 Å². The topological polar surface area (TPSA) is 52.9 Å². The molecule has 96 valence electrons. The summed E-state index contributed by atoms with van der Waals surface area (Å²) in [5.41, 5.74) is 0.626. The van der Waals surface area contributed by atoms with Crippen molar-refractivity contribution >= 4 is 11.6 Å². The largest absolute Gasteiger partial charge is 0.411 e. The zero-order valence-electron chi connectivity index (χ0n) is 9.57. The molecule has 1 aliphatic heterocycles. The number of piperidine rings is 1. The molecule has 1 fully saturated rings. The Bertz CT molecular complexity index is 473. The molecule has 0 atom stereocenters. The Balaban J connectivity index is 2.12. The zero-order valence-corrected chi connectivity index (χ0v) is 9.57. The highest BCUT2D eigenvalue weighted by Crippen LogP contribution is 2.14. The molecule has 0 radical (unpaired) electrons. The highest BCUT2D eigenvalue weighted by Gasteiger charge is 2.22. The van der Waals surface area contributed by atoms with E-state index in [1.54, 1.807) is 0 Å². The number of carbonyl (C=O) groups excluding carboxylic acids is 1. The molecule has 1 aliphatic rings. The summed E-state index contributed by atoms with van der Waals surface area (Å²) < 4.78 is 26.0. The third-order valence-corrected chi connectivity index (χ3v) is 2.88. The fraction of sp³-hybridized carbons (Fsp3) is 0.333. The van der Waals surface area contributed by atoms with Crippen molar-refractivity contribution < 1.29 is 18.8 Å². The van der Waals surface area contributed by atoms with Gasteiger partial charge in [0.1, 0.15) is 11.6 Å². The van der Waals surface area contributed by atoms with Crippen LogP contribution in [0.5, 0.6) is 0 Å². The van der Waals surface area contributed by atoms with Crippen LogP contribution >= 0.6 is 0 Å². The van der Waals surface area contributed by atoms with Gasteiger partial charge in [0.2, 0.25) is 0 Å². The summed E-state index contributed by atoms with van der Waals surface area (Å²) in [5.74, 6) is -1.95. The second-order valence-corrected chi connectivity index (χ2v) is 4.12. The van der Waals surface area contributed by atoms with E-state index >= 15 is 0 Å². The molecule has 6 heteroatoms. The molecule has 0 aliphatic carbocycles. The Hall–Kier alpha value is -1.98. The monoisotopic (exact) mass is 254 g/mol. The number of benzene rings is 1. The van der Waals surface area contributed by atoms with Gasteiger partial charge in [0.05, 0.1) is 5.71 Å². The SMILES string of the molecule is O=C(c1cc(F)cc(F)c1)N1CCC(=NO)CC1. The van der Waals surface area contributed by atoms with Crippen LogP contribution in [0.15, 0.2) is 23.4 Å². The Kier molecular flexibility index (Phi) is 3.55. The lowest BCUT2D eigenvalue weighted by molar-refractivity contribution is 0.0752. The normalized spacial score (nSPS) is 15.7. The van der Waals surface area contributed by atoms with Gasteiger partial charge in [-0.2, -0.15) is 0 Å². The highest BCUT2D eigenvalue weighted by molar-refractivity contribution is 5.96. The van der Waals surface area contributed by atoms with Crippen molar-refractivity contribution in [1.82, 2.24) is 4.90 Å². The van der Waals surface area contributed by atoms with Crippen LogP contribution in [0.2, 0.25) is 0 Å². The minimum atomic E-state index is -0.770. The van der Waals surface area contributed by atoms with Gasteiger partial charge in [-0.25, -0.2) is 8.78 Å². The summed E-state index contributed by atoms with van der Waals surface area (Å²) in [6.07, 6.45) is 0.945. The average molecular weight is 254 g/mol. The molecule has 0 bridgehead atoms. The van der Waals surface area contributed by atoms with Gasteiger partial charge >= 0.3 is 0 Å². The molecule has 2 rings (SSSR count). The van der Waals surface area contributed by atoms with Crippen LogP contribution in [0.25, 0.3) is 0 Å². The maximum atomic E-state index is 13.0. The Morgan fingerprint density at radius 3 is 2.22 bits per heavy atom. The van der Waals surface area contributed by atoms with Gasteiger partial charge in [-0.3, -0.25) is 4.79 Å². The predicted molar refractivity (Wildman–Crippen MR) is 60.7 cm³/mol. The number of likely N-dealkylation sites (tertiary alicyclic amines) is 1. The van der Waals surface area contributed by atoms with Crippen molar-refractivity contribution in [3.8, 4) is 0 Å². The molecule has 0 saturated carbocycles. The second kappa shape index (κ2) is 5.12. The van der Waals surface area contributed by atoms with Crippen LogP contribution in [0, 0.1) is 11.6 Å². The number of hydrogen-bond acceptors (Lipinski definition) is 3. The number of hydrogen-bond donors (Lipinski definition) is 1.